The van der Waals surface area contributed by atoms with E-state index in [2.05, 4.69) is 54.5 Å². The molecular weight excluding hydrogens is 294 g/mol. The van der Waals surface area contributed by atoms with Crippen LogP contribution >= 0.6 is 0 Å². The Balaban J connectivity index is 1.69. The number of fused-ring (bicyclic) bond motifs is 1. The van der Waals surface area contributed by atoms with Crippen LogP contribution in [0.2, 0.25) is 0 Å². The number of aryl methyl sites for hydroxylation is 2. The van der Waals surface area contributed by atoms with Crippen molar-refractivity contribution in [1.29, 1.82) is 0 Å². The zero-order chi connectivity index (χ0) is 16.9. The zero-order valence-electron chi connectivity index (χ0n) is 14.9. The van der Waals surface area contributed by atoms with Gasteiger partial charge in [-0.3, -0.25) is 4.98 Å². The molecule has 0 amide bonds. The summed E-state index contributed by atoms with van der Waals surface area (Å²) >= 11 is 0. The molecule has 1 aliphatic rings. The minimum absolute atomic E-state index is 0.359. The van der Waals surface area contributed by atoms with E-state index in [1.807, 2.05) is 6.20 Å². The molecule has 24 heavy (non-hydrogen) atoms. The molecule has 3 heteroatoms. The average Bonchev–Trinajstić information content (AvgIpc) is 2.99. The molecule has 1 aliphatic carbocycles. The molecule has 0 unspecified atom stereocenters. The lowest BCUT2D eigenvalue weighted by Gasteiger charge is -2.18. The Kier molecular flexibility index (Phi) is 5.39. The van der Waals surface area contributed by atoms with Crippen LogP contribution < -0.4 is 11.1 Å². The Labute approximate surface area is 145 Å². The molecule has 0 spiro atoms. The van der Waals surface area contributed by atoms with E-state index in [-0.39, 0.29) is 0 Å². The normalized spacial score (nSPS) is 17.5. The standard InChI is InChI=1S/C21H29N3/c1-3-6-15(2)9-11-17-13-21(19(22)14-23-17)24-20-12-10-16-7-4-5-8-18(16)20/h4-5,7-8,13-15,20H,3,6,9-12,22H2,1-2H3,(H,23,24)/t15-,20-/m0/s1. The van der Waals surface area contributed by atoms with Gasteiger partial charge in [0.2, 0.25) is 0 Å². The first-order valence-electron chi connectivity index (χ1n) is 9.26. The van der Waals surface area contributed by atoms with Gasteiger partial charge < -0.3 is 11.1 Å². The van der Waals surface area contributed by atoms with Gasteiger partial charge >= 0.3 is 0 Å². The Morgan fingerprint density at radius 2 is 2.12 bits per heavy atom. The number of aromatic nitrogens is 1. The van der Waals surface area contributed by atoms with Crippen LogP contribution in [0.15, 0.2) is 36.5 Å². The third kappa shape index (κ3) is 3.89. The van der Waals surface area contributed by atoms with Crippen LogP contribution in [0.4, 0.5) is 11.4 Å². The van der Waals surface area contributed by atoms with Gasteiger partial charge in [0.05, 0.1) is 23.6 Å². The summed E-state index contributed by atoms with van der Waals surface area (Å²) in [6, 6.07) is 11.2. The molecule has 3 N–H and O–H groups in total. The maximum atomic E-state index is 6.17. The summed E-state index contributed by atoms with van der Waals surface area (Å²) in [5, 5.41) is 3.65. The van der Waals surface area contributed by atoms with Crippen molar-refractivity contribution in [2.24, 2.45) is 5.92 Å². The summed E-state index contributed by atoms with van der Waals surface area (Å²) < 4.78 is 0. The first-order chi connectivity index (χ1) is 11.7. The van der Waals surface area contributed by atoms with Gasteiger partial charge in [0.15, 0.2) is 0 Å². The molecule has 1 aromatic carbocycles. The van der Waals surface area contributed by atoms with Gasteiger partial charge in [0, 0.05) is 5.69 Å². The molecule has 2 atom stereocenters. The average molecular weight is 323 g/mol. The number of nitrogens with zero attached hydrogens (tertiary/aromatic N) is 1. The molecule has 2 aromatic rings. The van der Waals surface area contributed by atoms with Gasteiger partial charge in [-0.05, 0) is 48.8 Å². The molecule has 0 saturated carbocycles. The molecule has 128 valence electrons. The summed E-state index contributed by atoms with van der Waals surface area (Å²) in [5.41, 5.74) is 11.9. The predicted molar refractivity (Wildman–Crippen MR) is 102 cm³/mol. The molecular formula is C21H29N3. The first-order valence-corrected chi connectivity index (χ1v) is 9.26. The minimum Gasteiger partial charge on any atom is -0.396 e. The first kappa shape index (κ1) is 16.8. The second kappa shape index (κ2) is 7.69. The fraction of sp³-hybridized carbons (Fsp3) is 0.476. The van der Waals surface area contributed by atoms with E-state index >= 15 is 0 Å². The van der Waals surface area contributed by atoms with E-state index in [0.29, 0.717) is 6.04 Å². The molecule has 1 aromatic heterocycles. The van der Waals surface area contributed by atoms with E-state index in [1.165, 1.54) is 30.4 Å². The molecule has 0 fully saturated rings. The van der Waals surface area contributed by atoms with Crippen LogP contribution in [0.3, 0.4) is 0 Å². The van der Waals surface area contributed by atoms with E-state index in [4.69, 9.17) is 5.73 Å². The lowest BCUT2D eigenvalue weighted by molar-refractivity contribution is 0.484. The van der Waals surface area contributed by atoms with Crippen molar-refractivity contribution < 1.29 is 0 Å². The maximum Gasteiger partial charge on any atom is 0.0736 e. The summed E-state index contributed by atoms with van der Waals surface area (Å²) in [6.07, 6.45) is 8.84. The van der Waals surface area contributed by atoms with E-state index in [1.54, 1.807) is 0 Å². The predicted octanol–water partition coefficient (Wildman–Crippen LogP) is 5.13. The largest absolute Gasteiger partial charge is 0.396 e. The summed E-state index contributed by atoms with van der Waals surface area (Å²) in [7, 11) is 0. The molecule has 3 nitrogen and oxygen atoms in total. The lowest BCUT2D eigenvalue weighted by Crippen LogP contribution is -2.10. The quantitative estimate of drug-likeness (QED) is 0.742. The van der Waals surface area contributed by atoms with Crippen molar-refractivity contribution in [3.05, 3.63) is 53.3 Å². The van der Waals surface area contributed by atoms with Gasteiger partial charge in [0.1, 0.15) is 0 Å². The highest BCUT2D eigenvalue weighted by molar-refractivity contribution is 5.66. The van der Waals surface area contributed by atoms with Crippen LogP contribution in [-0.4, -0.2) is 4.98 Å². The molecule has 1 heterocycles. The summed E-state index contributed by atoms with van der Waals surface area (Å²) in [4.78, 5) is 4.52. The van der Waals surface area contributed by atoms with Crippen LogP contribution in [0, 0.1) is 5.92 Å². The second-order valence-electron chi connectivity index (χ2n) is 7.13. The number of anilines is 2. The summed E-state index contributed by atoms with van der Waals surface area (Å²) in [5.74, 6) is 0.757. The number of pyridine rings is 1. The van der Waals surface area contributed by atoms with Crippen LogP contribution in [-0.2, 0) is 12.8 Å². The number of rotatable bonds is 7. The molecule has 0 radical (unpaired) electrons. The molecule has 0 bridgehead atoms. The van der Waals surface area contributed by atoms with Crippen LogP contribution in [0.1, 0.15) is 62.4 Å². The van der Waals surface area contributed by atoms with Gasteiger partial charge in [-0.2, -0.15) is 0 Å². The highest BCUT2D eigenvalue weighted by Gasteiger charge is 2.22. The molecule has 0 aliphatic heterocycles. The Morgan fingerprint density at radius 1 is 1.29 bits per heavy atom. The van der Waals surface area contributed by atoms with E-state index < -0.39 is 0 Å². The Morgan fingerprint density at radius 3 is 2.96 bits per heavy atom. The van der Waals surface area contributed by atoms with Gasteiger partial charge in [-0.25, -0.2) is 0 Å². The van der Waals surface area contributed by atoms with Crippen molar-refractivity contribution in [2.45, 2.75) is 58.4 Å². The van der Waals surface area contributed by atoms with Gasteiger partial charge in [-0.15, -0.1) is 0 Å². The van der Waals surface area contributed by atoms with E-state index in [0.717, 1.165) is 42.2 Å². The topological polar surface area (TPSA) is 50.9 Å². The number of nitrogen functional groups attached to an aromatic ring is 1. The monoisotopic (exact) mass is 323 g/mol. The lowest BCUT2D eigenvalue weighted by atomic mass is 9.99. The van der Waals surface area contributed by atoms with Crippen molar-refractivity contribution in [1.82, 2.24) is 4.98 Å². The van der Waals surface area contributed by atoms with Crippen molar-refractivity contribution >= 4 is 11.4 Å². The van der Waals surface area contributed by atoms with Crippen LogP contribution in [0.5, 0.6) is 0 Å². The van der Waals surface area contributed by atoms with Crippen LogP contribution in [0.25, 0.3) is 0 Å². The number of nitrogens with two attached hydrogens (primary N) is 1. The number of hydrogen-bond acceptors (Lipinski definition) is 3. The fourth-order valence-electron chi connectivity index (χ4n) is 3.70. The number of hydrogen-bond donors (Lipinski definition) is 2. The van der Waals surface area contributed by atoms with Crippen molar-refractivity contribution in [2.75, 3.05) is 11.1 Å². The van der Waals surface area contributed by atoms with Gasteiger partial charge in [0.25, 0.3) is 0 Å². The maximum absolute atomic E-state index is 6.17. The SMILES string of the molecule is CCC[C@H](C)CCc1cc(N[C@H]2CCc3ccccc32)c(N)cn1. The Hall–Kier alpha value is -2.03. The van der Waals surface area contributed by atoms with Crippen molar-refractivity contribution in [3.8, 4) is 0 Å². The second-order valence-corrected chi connectivity index (χ2v) is 7.13. The highest BCUT2D eigenvalue weighted by atomic mass is 15.0. The fourth-order valence-corrected chi connectivity index (χ4v) is 3.70. The number of benzene rings is 1. The third-order valence-corrected chi connectivity index (χ3v) is 5.13. The highest BCUT2D eigenvalue weighted by Crippen LogP contribution is 2.35. The molecule has 3 rings (SSSR count). The smallest absolute Gasteiger partial charge is 0.0736 e. The minimum atomic E-state index is 0.359. The van der Waals surface area contributed by atoms with Gasteiger partial charge in [-0.1, -0.05) is 51.0 Å². The van der Waals surface area contributed by atoms with E-state index in [9.17, 15) is 0 Å². The Bertz CT molecular complexity index is 681. The number of nitrogens with one attached hydrogen (secondary N) is 1. The third-order valence-electron chi connectivity index (χ3n) is 5.13. The molecule has 0 saturated heterocycles. The summed E-state index contributed by atoms with van der Waals surface area (Å²) in [6.45, 7) is 4.58. The van der Waals surface area contributed by atoms with Crippen molar-refractivity contribution in [3.63, 3.8) is 0 Å². The zero-order valence-corrected chi connectivity index (χ0v) is 14.9.